The summed E-state index contributed by atoms with van der Waals surface area (Å²) in [4.78, 5) is 10.6. The topological polar surface area (TPSA) is 17.1 Å². The van der Waals surface area contributed by atoms with Gasteiger partial charge in [0.05, 0.1) is 0 Å². The van der Waals surface area contributed by atoms with Crippen molar-refractivity contribution in [3.05, 3.63) is 0 Å². The molecule has 22 heavy (non-hydrogen) atoms. The van der Waals surface area contributed by atoms with Crippen LogP contribution in [0.15, 0.2) is 0 Å². The van der Waals surface area contributed by atoms with E-state index in [1.54, 1.807) is 0 Å². The predicted octanol–water partition coefficient (Wildman–Crippen LogP) is 4.51. The molecule has 0 N–H and O–H groups in total. The van der Waals surface area contributed by atoms with Gasteiger partial charge < -0.3 is 4.79 Å². The molecule has 0 aliphatic heterocycles. The predicted molar refractivity (Wildman–Crippen MR) is 43.3 cm³/mol. The van der Waals surface area contributed by atoms with Gasteiger partial charge in [0.2, 0.25) is 5.03 Å². The Bertz CT molecular complexity index is 370. The fourth-order valence-corrected chi connectivity index (χ4v) is 6.35. The average Bonchev–Trinajstić information content (AvgIpc) is 2.19. The van der Waals surface area contributed by atoms with Crippen LogP contribution in [0.5, 0.6) is 0 Å². The molecule has 0 saturated carbocycles. The van der Waals surface area contributed by atoms with Crippen LogP contribution in [0.4, 0.5) is 65.7 Å². The van der Waals surface area contributed by atoms with Crippen LogP contribution < -0.4 is 0 Å². The van der Waals surface area contributed by atoms with Gasteiger partial charge >= 0.3 is 40.0 Å². The van der Waals surface area contributed by atoms with Gasteiger partial charge in [0.25, 0.3) is 0 Å². The Kier molecular flexibility index (Phi) is 4.86. The van der Waals surface area contributed by atoms with E-state index in [1.165, 1.54) is 0 Å². The summed E-state index contributed by atoms with van der Waals surface area (Å²) in [5.74, 6) is -29.8. The zero-order valence-corrected chi connectivity index (χ0v) is 11.2. The second kappa shape index (κ2) is 5.06. The van der Waals surface area contributed by atoms with Crippen molar-refractivity contribution in [3.8, 4) is 0 Å². The smallest absolute Gasteiger partial charge is 0.302 e. The molecule has 0 aliphatic rings. The third-order valence-corrected chi connectivity index (χ3v) is 8.63. The average molecular weight is 398 g/mol. The monoisotopic (exact) mass is 398 g/mol. The lowest BCUT2D eigenvalue weighted by Gasteiger charge is -2.32. The summed E-state index contributed by atoms with van der Waals surface area (Å²) in [6, 6.07) is 0. The zero-order chi connectivity index (χ0) is 18.6. The van der Waals surface area contributed by atoms with Crippen molar-refractivity contribution >= 4 is 21.8 Å². The molecule has 132 valence electrons. The largest absolute Gasteiger partial charge is 0.540 e. The highest BCUT2D eigenvalue weighted by Gasteiger charge is 2.94. The highest BCUT2D eigenvalue weighted by Crippen LogP contribution is 2.51. The van der Waals surface area contributed by atoms with Gasteiger partial charge in [-0.25, -0.2) is 0 Å². The molecule has 0 aromatic rings. The summed E-state index contributed by atoms with van der Waals surface area (Å²) in [5.41, 5.74) is 0. The highest BCUT2D eigenvalue weighted by molar-refractivity contribution is 7.31. The molecular weight excluding hydrogens is 398 g/mol. The summed E-state index contributed by atoms with van der Waals surface area (Å²) in [7, 11) is -19.0. The number of hydrogen-bond acceptors (Lipinski definition) is 1. The Balaban J connectivity index is 6.62. The van der Waals surface area contributed by atoms with E-state index in [9.17, 15) is 65.7 Å². The minimum Gasteiger partial charge on any atom is -0.302 e. The van der Waals surface area contributed by atoms with Gasteiger partial charge in [-0.2, -0.15) is 52.7 Å². The number of carbonyl (C=O) groups is 1. The summed E-state index contributed by atoms with van der Waals surface area (Å²) in [5, 5.41) is -5.15. The Morgan fingerprint density at radius 1 is 0.500 bits per heavy atom. The number of alkyl halides is 12. The van der Waals surface area contributed by atoms with E-state index in [0.717, 1.165) is 0 Å². The molecule has 0 unspecified atom stereocenters. The standard InChI is InChI=1S/C5F14OSi2/c6-2(7,8)21(18,3(9,10)11)1(20)22(19,4(12,13)14)5(15,16)17. The van der Waals surface area contributed by atoms with Gasteiger partial charge in [0.15, 0.2) is 0 Å². The second-order valence-corrected chi connectivity index (χ2v) is 9.95. The maximum atomic E-state index is 13.1. The van der Waals surface area contributed by atoms with E-state index < -0.39 is 45.0 Å². The molecule has 0 atom stereocenters. The van der Waals surface area contributed by atoms with Crippen LogP contribution in [0.2, 0.25) is 0 Å². The number of halogens is 14. The molecule has 0 aromatic carbocycles. The summed E-state index contributed by atoms with van der Waals surface area (Å²) < 4.78 is 170. The van der Waals surface area contributed by atoms with E-state index in [-0.39, 0.29) is 0 Å². The summed E-state index contributed by atoms with van der Waals surface area (Å²) in [6.45, 7) is 0. The van der Waals surface area contributed by atoms with E-state index in [2.05, 4.69) is 0 Å². The maximum absolute atomic E-state index is 13.1. The second-order valence-electron chi connectivity index (χ2n) is 3.64. The Labute approximate surface area is 112 Å². The third-order valence-electron chi connectivity index (χ3n) is 2.19. The fraction of sp³-hybridized carbons (Fsp3) is 0.800. The Hall–Kier alpha value is -0.876. The third kappa shape index (κ3) is 2.83. The van der Waals surface area contributed by atoms with Crippen molar-refractivity contribution in [2.75, 3.05) is 0 Å². The first-order valence-electron chi connectivity index (χ1n) is 4.35. The van der Waals surface area contributed by atoms with Crippen molar-refractivity contribution < 1.29 is 65.7 Å². The lowest BCUT2D eigenvalue weighted by atomic mass is 11.4. The van der Waals surface area contributed by atoms with Crippen molar-refractivity contribution in [3.63, 3.8) is 0 Å². The fourth-order valence-electron chi connectivity index (χ4n) is 1.07. The first-order chi connectivity index (χ1) is 9.15. The van der Waals surface area contributed by atoms with Crippen LogP contribution in [-0.4, -0.2) is 45.0 Å². The molecule has 0 amide bonds. The molecule has 0 saturated heterocycles. The molecule has 0 rings (SSSR count). The van der Waals surface area contributed by atoms with Gasteiger partial charge in [0, 0.05) is 0 Å². The minimum atomic E-state index is -9.50. The van der Waals surface area contributed by atoms with E-state index in [0.29, 0.717) is 0 Å². The molecule has 17 heteroatoms. The molecule has 0 spiro atoms. The van der Waals surface area contributed by atoms with Crippen LogP contribution in [0, 0.1) is 0 Å². The lowest BCUT2D eigenvalue weighted by Crippen LogP contribution is -2.77. The van der Waals surface area contributed by atoms with E-state index in [4.69, 9.17) is 0 Å². The summed E-state index contributed by atoms with van der Waals surface area (Å²) >= 11 is 0. The normalized spacial score (nSPS) is 15.9. The van der Waals surface area contributed by atoms with Gasteiger partial charge in [-0.1, -0.05) is 0 Å². The van der Waals surface area contributed by atoms with Crippen LogP contribution in [0.3, 0.4) is 0 Å². The van der Waals surface area contributed by atoms with Crippen molar-refractivity contribution in [2.45, 2.75) is 23.2 Å². The first kappa shape index (κ1) is 21.1. The number of hydrogen-bond donors (Lipinski definition) is 0. The van der Waals surface area contributed by atoms with Crippen LogP contribution >= 0.6 is 0 Å². The number of rotatable bonds is 2. The first-order valence-corrected chi connectivity index (χ1v) is 8.11. The van der Waals surface area contributed by atoms with Gasteiger partial charge in [-0.3, -0.25) is 8.22 Å². The molecule has 0 aliphatic carbocycles. The zero-order valence-electron chi connectivity index (χ0n) is 9.20. The molecule has 0 bridgehead atoms. The van der Waals surface area contributed by atoms with Crippen molar-refractivity contribution in [1.29, 1.82) is 0 Å². The molecular formula is C5F14OSi2. The molecule has 0 radical (unpaired) electrons. The van der Waals surface area contributed by atoms with Gasteiger partial charge in [-0.15, -0.1) is 0 Å². The Morgan fingerprint density at radius 3 is 0.727 bits per heavy atom. The van der Waals surface area contributed by atoms with Crippen LogP contribution in [-0.2, 0) is 0 Å². The SMILES string of the molecule is O=C([Si](F)(C(F)(F)F)C(F)(F)F)[Si](F)(C(F)(F)F)C(F)(F)F. The van der Waals surface area contributed by atoms with Gasteiger partial charge in [-0.05, 0) is 0 Å². The van der Waals surface area contributed by atoms with Crippen LogP contribution in [0.1, 0.15) is 0 Å². The molecule has 0 fully saturated rings. The van der Waals surface area contributed by atoms with E-state index >= 15 is 0 Å². The quantitative estimate of drug-likeness (QED) is 0.380. The van der Waals surface area contributed by atoms with Crippen LogP contribution in [0.25, 0.3) is 0 Å². The molecule has 1 nitrogen and oxygen atoms in total. The lowest BCUT2D eigenvalue weighted by molar-refractivity contribution is -0.125. The highest BCUT2D eigenvalue weighted by atomic mass is 28.4. The molecule has 0 heterocycles. The van der Waals surface area contributed by atoms with Gasteiger partial charge in [0.1, 0.15) is 0 Å². The summed E-state index contributed by atoms with van der Waals surface area (Å²) in [6.07, 6.45) is 0. The van der Waals surface area contributed by atoms with Crippen molar-refractivity contribution in [2.24, 2.45) is 0 Å². The van der Waals surface area contributed by atoms with E-state index in [1.807, 2.05) is 0 Å². The number of carbonyl (C=O) groups excluding carboxylic acids is 1. The Morgan fingerprint density at radius 2 is 0.636 bits per heavy atom. The van der Waals surface area contributed by atoms with Crippen molar-refractivity contribution in [1.82, 2.24) is 0 Å². The minimum absolute atomic E-state index is 5.15. The maximum Gasteiger partial charge on any atom is 0.540 e. The molecule has 0 aromatic heterocycles.